The first-order valence-corrected chi connectivity index (χ1v) is 14.1. The van der Waals surface area contributed by atoms with Crippen LogP contribution in [0.1, 0.15) is 40.8 Å². The fraction of sp³-hybridized carbons (Fsp3) is 0.542. The molecule has 1 aliphatic heterocycles. The molecule has 2 heterocycles. The minimum Gasteiger partial charge on any atom is -0.462 e. The van der Waals surface area contributed by atoms with Crippen molar-refractivity contribution in [2.45, 2.75) is 75.7 Å². The molecule has 40 heavy (non-hydrogen) atoms. The van der Waals surface area contributed by atoms with Crippen LogP contribution in [0.25, 0.3) is 0 Å². The normalized spacial score (nSPS) is 25.4. The van der Waals surface area contributed by atoms with Gasteiger partial charge in [-0.05, 0) is 46.8 Å². The molecule has 3 N–H and O–H groups in total. The van der Waals surface area contributed by atoms with E-state index in [0.29, 0.717) is 10.8 Å². The highest BCUT2D eigenvalue weighted by atomic mass is 35.5. The van der Waals surface area contributed by atoms with E-state index in [1.54, 1.807) is 37.0 Å². The second-order valence-electron chi connectivity index (χ2n) is 9.99. The summed E-state index contributed by atoms with van der Waals surface area (Å²) in [5, 5.41) is 13.6. The maximum atomic E-state index is 14.3. The Balaban J connectivity index is 1.98. The van der Waals surface area contributed by atoms with Crippen molar-refractivity contribution in [3.8, 4) is 5.75 Å². The van der Waals surface area contributed by atoms with Crippen LogP contribution >= 0.6 is 19.3 Å². The molecule has 0 aliphatic carbocycles. The van der Waals surface area contributed by atoms with E-state index in [2.05, 4.69) is 5.09 Å². The number of esters is 1. The predicted octanol–water partition coefficient (Wildman–Crippen LogP) is 2.79. The van der Waals surface area contributed by atoms with Gasteiger partial charge in [0, 0.05) is 0 Å². The number of hydrogen-bond acceptors (Lipinski definition) is 9. The Hall–Kier alpha value is -2.61. The number of nitrogens with one attached hydrogen (secondary N) is 2. The lowest BCUT2D eigenvalue weighted by atomic mass is 9.91. The van der Waals surface area contributed by atoms with Crippen LogP contribution in [0.3, 0.4) is 0 Å². The molecule has 0 saturated carbocycles. The molecular weight excluding hydrogens is 579 g/mol. The topological polar surface area (TPSA) is 158 Å². The van der Waals surface area contributed by atoms with Crippen LogP contribution < -0.4 is 20.9 Å². The van der Waals surface area contributed by atoms with E-state index in [9.17, 15) is 32.8 Å². The monoisotopic (exact) mass is 609 g/mol. The van der Waals surface area contributed by atoms with E-state index in [1.807, 2.05) is 0 Å². The summed E-state index contributed by atoms with van der Waals surface area (Å²) in [6.07, 6.45) is -5.35. The van der Waals surface area contributed by atoms with Crippen LogP contribution in [0.5, 0.6) is 5.75 Å². The lowest BCUT2D eigenvalue weighted by Crippen LogP contribution is -2.51. The summed E-state index contributed by atoms with van der Waals surface area (Å²) in [4.78, 5) is 35.7. The van der Waals surface area contributed by atoms with Gasteiger partial charge in [0.25, 0.3) is 5.56 Å². The van der Waals surface area contributed by atoms with Gasteiger partial charge in [-0.25, -0.2) is 13.8 Å². The summed E-state index contributed by atoms with van der Waals surface area (Å²) in [6, 6.07) is 6.63. The first kappa shape index (κ1) is 31.9. The number of aliphatic hydroxyl groups is 1. The smallest absolute Gasteiger partial charge is 0.460 e. The van der Waals surface area contributed by atoms with Gasteiger partial charge in [-0.2, -0.15) is 9.48 Å². The highest BCUT2D eigenvalue weighted by Crippen LogP contribution is 2.53. The number of aromatic amines is 1. The maximum Gasteiger partial charge on any atom is 0.460 e. The van der Waals surface area contributed by atoms with E-state index in [1.165, 1.54) is 32.9 Å². The molecule has 0 bridgehead atoms. The zero-order chi connectivity index (χ0) is 30.0. The Morgan fingerprint density at radius 2 is 1.93 bits per heavy atom. The molecule has 0 amide bonds. The van der Waals surface area contributed by atoms with Crippen molar-refractivity contribution in [2.75, 3.05) is 6.67 Å². The Labute approximate surface area is 233 Å². The van der Waals surface area contributed by atoms with E-state index in [-0.39, 0.29) is 5.75 Å². The van der Waals surface area contributed by atoms with Gasteiger partial charge in [0.2, 0.25) is 5.82 Å². The van der Waals surface area contributed by atoms with Crippen LogP contribution in [-0.4, -0.2) is 62.1 Å². The second-order valence-corrected chi connectivity index (χ2v) is 12.3. The number of nitrogens with zero attached hydrogens (tertiary/aromatic N) is 1. The van der Waals surface area contributed by atoms with Gasteiger partial charge in [0.1, 0.15) is 41.1 Å². The van der Waals surface area contributed by atoms with Crippen LogP contribution in [-0.2, 0) is 23.4 Å². The Morgan fingerprint density at radius 3 is 2.50 bits per heavy atom. The number of halogens is 3. The first-order chi connectivity index (χ1) is 18.5. The third-order valence-electron chi connectivity index (χ3n) is 5.91. The van der Waals surface area contributed by atoms with E-state index >= 15 is 0 Å². The minimum atomic E-state index is -4.52. The number of H-pyrrole nitrogens is 1. The van der Waals surface area contributed by atoms with Gasteiger partial charge < -0.3 is 19.1 Å². The summed E-state index contributed by atoms with van der Waals surface area (Å²) >= 11 is 6.39. The van der Waals surface area contributed by atoms with Crippen molar-refractivity contribution in [2.24, 2.45) is 0 Å². The van der Waals surface area contributed by atoms with Crippen molar-refractivity contribution in [1.82, 2.24) is 14.6 Å². The van der Waals surface area contributed by atoms with Gasteiger partial charge in [-0.1, -0.05) is 18.2 Å². The number of aromatic nitrogens is 2. The van der Waals surface area contributed by atoms with Crippen LogP contribution in [0.2, 0.25) is 0 Å². The molecule has 6 atom stereocenters. The Bertz CT molecular complexity index is 1370. The Kier molecular flexibility index (Phi) is 9.65. The lowest BCUT2D eigenvalue weighted by Gasteiger charge is -2.36. The average Bonchev–Trinajstić information content (AvgIpc) is 3.12. The van der Waals surface area contributed by atoms with E-state index in [4.69, 9.17) is 30.1 Å². The minimum absolute atomic E-state index is 0.0926. The molecule has 2 aromatic rings. The number of benzene rings is 1. The maximum absolute atomic E-state index is 14.3. The molecule has 1 aliphatic rings. The summed E-state index contributed by atoms with van der Waals surface area (Å²) in [5.41, 5.74) is -4.33. The van der Waals surface area contributed by atoms with Crippen molar-refractivity contribution in [3.63, 3.8) is 0 Å². The molecule has 3 rings (SSSR count). The van der Waals surface area contributed by atoms with Gasteiger partial charge in [0.15, 0.2) is 6.23 Å². The molecular formula is C24H31ClF2N3O9P. The van der Waals surface area contributed by atoms with Gasteiger partial charge in [0.05, 0.1) is 12.3 Å². The number of para-hydroxylation sites is 1. The molecule has 0 radical (unpaired) electrons. The molecule has 1 unspecified atom stereocenters. The highest BCUT2D eigenvalue weighted by molar-refractivity contribution is 7.52. The largest absolute Gasteiger partial charge is 0.462 e. The zero-order valence-corrected chi connectivity index (χ0v) is 23.9. The molecule has 1 fully saturated rings. The molecule has 222 valence electrons. The molecule has 12 nitrogen and oxygen atoms in total. The number of alkyl halides is 2. The van der Waals surface area contributed by atoms with E-state index in [0.717, 1.165) is 0 Å². The molecule has 1 aromatic heterocycles. The second kappa shape index (κ2) is 12.1. The van der Waals surface area contributed by atoms with Crippen molar-refractivity contribution in [1.29, 1.82) is 0 Å². The number of hydrogen-bond donors (Lipinski definition) is 3. The fourth-order valence-electron chi connectivity index (χ4n) is 4.02. The van der Waals surface area contributed by atoms with Crippen LogP contribution in [0, 0.1) is 5.82 Å². The average molecular weight is 610 g/mol. The molecule has 1 aromatic carbocycles. The molecule has 1 saturated heterocycles. The number of aliphatic hydroxyl groups excluding tert-OH is 1. The SMILES string of the molecule is CC(C)OC(=O)[C@H](C)N[P@@](=O)(Oc1ccccc1)OC(C)(C)[C@H]1O[C@@H](n2cc(F)c(=O)[nH]c2=O)[C@@](Cl)(CF)C1O. The summed E-state index contributed by atoms with van der Waals surface area (Å²) in [7, 11) is -4.52. The predicted molar refractivity (Wildman–Crippen MR) is 139 cm³/mol. The van der Waals surface area contributed by atoms with Gasteiger partial charge >= 0.3 is 19.4 Å². The van der Waals surface area contributed by atoms with E-state index < -0.39 is 78.5 Å². The summed E-state index contributed by atoms with van der Waals surface area (Å²) in [6.45, 7) is 5.78. The summed E-state index contributed by atoms with van der Waals surface area (Å²) in [5.74, 6) is -2.06. The standard InChI is InChI=1S/C24H31ClF2N3O9P/c1-13(2)36-20(33)14(3)29-40(35,38-15-9-7-6-8-10-15)39-23(4,5)18-17(31)24(25,12-26)21(37-18)30-11-16(27)19(32)28-22(30)34/h6-11,13-14,17-18,21,31H,12H2,1-5H3,(H,29,35)(H,28,32,34)/t14-,17?,18-,21+,24+,40+/m0/s1. The van der Waals surface area contributed by atoms with Crippen molar-refractivity contribution in [3.05, 3.63) is 63.2 Å². The van der Waals surface area contributed by atoms with Gasteiger partial charge in [-0.15, -0.1) is 11.6 Å². The number of ether oxygens (including phenoxy) is 2. The highest BCUT2D eigenvalue weighted by Gasteiger charge is 2.62. The van der Waals surface area contributed by atoms with Crippen LogP contribution in [0.4, 0.5) is 8.78 Å². The summed E-state index contributed by atoms with van der Waals surface area (Å²) < 4.78 is 65.2. The number of carbonyl (C=O) groups excluding carboxylic acids is 1. The fourth-order valence-corrected chi connectivity index (χ4v) is 6.14. The quantitative estimate of drug-likeness (QED) is 0.196. The van der Waals surface area contributed by atoms with Gasteiger partial charge in [-0.3, -0.25) is 23.7 Å². The van der Waals surface area contributed by atoms with Crippen molar-refractivity contribution < 1.29 is 41.8 Å². The van der Waals surface area contributed by atoms with Crippen LogP contribution in [0.15, 0.2) is 46.1 Å². The number of rotatable bonds is 11. The molecule has 16 heteroatoms. The Morgan fingerprint density at radius 1 is 1.30 bits per heavy atom. The first-order valence-electron chi connectivity index (χ1n) is 12.2. The molecule has 0 spiro atoms. The number of carbonyl (C=O) groups is 1. The third-order valence-corrected chi connectivity index (χ3v) is 8.29. The lowest BCUT2D eigenvalue weighted by molar-refractivity contribution is -0.149. The third kappa shape index (κ3) is 6.81. The zero-order valence-electron chi connectivity index (χ0n) is 22.3. The van der Waals surface area contributed by atoms with Crippen molar-refractivity contribution >= 4 is 25.3 Å².